The Balaban J connectivity index is 1.41. The van der Waals surface area contributed by atoms with E-state index in [9.17, 15) is 0 Å². The number of hydrogen-bond acceptors (Lipinski definition) is 1. The van der Waals surface area contributed by atoms with E-state index in [1.807, 2.05) is 36.4 Å². The molecule has 0 radical (unpaired) electrons. The minimum absolute atomic E-state index is 0.0990. The highest BCUT2D eigenvalue weighted by Crippen LogP contribution is 2.55. The van der Waals surface area contributed by atoms with Crippen LogP contribution in [0.25, 0.3) is 49.7 Å². The zero-order chi connectivity index (χ0) is 28.2. The number of aromatic nitrogens is 1. The summed E-state index contributed by atoms with van der Waals surface area (Å²) >= 11 is 0. The van der Waals surface area contributed by atoms with Crippen molar-refractivity contribution in [1.82, 2.24) is 4.57 Å². The third-order valence-corrected chi connectivity index (χ3v) is 12.8. The second-order valence-electron chi connectivity index (χ2n) is 12.1. The Kier molecular flexibility index (Phi) is 4.69. The Morgan fingerprint density at radius 1 is 0.571 bits per heavy atom. The number of benzene rings is 6. The minimum atomic E-state index is -3.05. The van der Waals surface area contributed by atoms with Gasteiger partial charge in [-0.2, -0.15) is 0 Å². The van der Waals surface area contributed by atoms with Crippen molar-refractivity contribution in [3.05, 3.63) is 145 Å². The molecule has 0 fully saturated rings. The molecule has 1 unspecified atom stereocenters. The molecule has 9 rings (SSSR count). The summed E-state index contributed by atoms with van der Waals surface area (Å²) in [5, 5.41) is 5.14. The molecule has 0 saturated carbocycles. The third kappa shape index (κ3) is 2.88. The fraction of sp³-hybridized carbons (Fsp3) is 0.0769. The lowest BCUT2D eigenvalue weighted by atomic mass is 9.82. The predicted molar refractivity (Wildman–Crippen MR) is 177 cm³/mol. The second-order valence-corrected chi connectivity index (χ2v) is 14.8. The molecule has 0 spiro atoms. The largest absolute Gasteiger partial charge is 0.309 e. The van der Waals surface area contributed by atoms with Gasteiger partial charge in [-0.15, -0.1) is 0 Å². The van der Waals surface area contributed by atoms with Crippen molar-refractivity contribution < 1.29 is 4.57 Å². The Bertz CT molecular complexity index is 2310. The van der Waals surface area contributed by atoms with Gasteiger partial charge < -0.3 is 9.13 Å². The average molecular weight is 558 g/mol. The molecule has 1 aliphatic carbocycles. The molecule has 2 heterocycles. The summed E-state index contributed by atoms with van der Waals surface area (Å²) in [6.45, 7) is 4.66. The molecular formula is C39H28NOP. The zero-order valence-electron chi connectivity index (χ0n) is 23.5. The number of hydrogen-bond donors (Lipinski definition) is 0. The van der Waals surface area contributed by atoms with Gasteiger partial charge in [0.05, 0.1) is 11.0 Å². The second kappa shape index (κ2) is 8.22. The fourth-order valence-corrected chi connectivity index (χ4v) is 10.7. The summed E-state index contributed by atoms with van der Waals surface area (Å²) in [4.78, 5) is 0. The molecule has 0 amide bonds. The van der Waals surface area contributed by atoms with Crippen molar-refractivity contribution in [3.63, 3.8) is 0 Å². The van der Waals surface area contributed by atoms with Crippen molar-refractivity contribution >= 4 is 44.9 Å². The maximum atomic E-state index is 15.3. The van der Waals surface area contributed by atoms with Gasteiger partial charge in [-0.05, 0) is 52.1 Å². The maximum Gasteiger partial charge on any atom is 0.172 e. The Morgan fingerprint density at radius 3 is 2.12 bits per heavy atom. The zero-order valence-corrected chi connectivity index (χ0v) is 24.4. The van der Waals surface area contributed by atoms with E-state index in [2.05, 4.69) is 115 Å². The lowest BCUT2D eigenvalue weighted by Crippen LogP contribution is -2.20. The lowest BCUT2D eigenvalue weighted by Gasteiger charge is -2.22. The van der Waals surface area contributed by atoms with Crippen molar-refractivity contribution in [1.29, 1.82) is 0 Å². The van der Waals surface area contributed by atoms with Crippen LogP contribution in [0, 0.1) is 0 Å². The van der Waals surface area contributed by atoms with Crippen LogP contribution in [0.1, 0.15) is 25.0 Å². The van der Waals surface area contributed by atoms with Gasteiger partial charge in [-0.3, -0.25) is 0 Å². The van der Waals surface area contributed by atoms with E-state index in [4.69, 9.17) is 0 Å². The van der Waals surface area contributed by atoms with E-state index in [0.29, 0.717) is 0 Å². The first kappa shape index (κ1) is 24.0. The van der Waals surface area contributed by atoms with Crippen molar-refractivity contribution in [2.45, 2.75) is 19.3 Å². The van der Waals surface area contributed by atoms with Gasteiger partial charge in [-0.25, -0.2) is 0 Å². The molecule has 2 aliphatic rings. The maximum absolute atomic E-state index is 15.3. The normalized spacial score (nSPS) is 17.7. The van der Waals surface area contributed by atoms with Gasteiger partial charge in [0, 0.05) is 43.4 Å². The van der Waals surface area contributed by atoms with Gasteiger partial charge in [0.15, 0.2) is 7.14 Å². The van der Waals surface area contributed by atoms with E-state index in [-0.39, 0.29) is 5.41 Å². The van der Waals surface area contributed by atoms with E-state index < -0.39 is 7.14 Å². The summed E-state index contributed by atoms with van der Waals surface area (Å²) in [6, 6.07) is 47.1. The summed E-state index contributed by atoms with van der Waals surface area (Å²) < 4.78 is 17.7. The molecular weight excluding hydrogens is 529 g/mol. The summed E-state index contributed by atoms with van der Waals surface area (Å²) in [7, 11) is -3.05. The van der Waals surface area contributed by atoms with Crippen molar-refractivity contribution in [2.24, 2.45) is 0 Å². The number of nitrogens with zero attached hydrogens (tertiary/aromatic N) is 1. The van der Waals surface area contributed by atoms with Crippen LogP contribution in [-0.4, -0.2) is 4.57 Å². The van der Waals surface area contributed by atoms with Gasteiger partial charge in [0.2, 0.25) is 0 Å². The molecule has 7 aromatic rings. The molecule has 1 aliphatic heterocycles. The third-order valence-electron chi connectivity index (χ3n) is 9.61. The fourth-order valence-electron chi connectivity index (χ4n) is 7.68. The van der Waals surface area contributed by atoms with E-state index in [0.717, 1.165) is 43.8 Å². The molecule has 1 atom stereocenters. The van der Waals surface area contributed by atoms with Crippen LogP contribution >= 0.6 is 7.14 Å². The number of rotatable bonds is 2. The molecule has 0 N–H and O–H groups in total. The molecule has 42 heavy (non-hydrogen) atoms. The lowest BCUT2D eigenvalue weighted by molar-refractivity contribution is 0.593. The number of para-hydroxylation sites is 1. The van der Waals surface area contributed by atoms with Crippen molar-refractivity contribution in [3.8, 4) is 27.9 Å². The molecule has 0 bridgehead atoms. The first-order valence-electron chi connectivity index (χ1n) is 14.6. The van der Waals surface area contributed by atoms with E-state index in [1.165, 1.54) is 33.0 Å². The minimum Gasteiger partial charge on any atom is -0.309 e. The molecule has 200 valence electrons. The Hall–Kier alpha value is -4.65. The van der Waals surface area contributed by atoms with Crippen LogP contribution in [0.3, 0.4) is 0 Å². The smallest absolute Gasteiger partial charge is 0.172 e. The predicted octanol–water partition coefficient (Wildman–Crippen LogP) is 8.71. The molecule has 6 aromatic carbocycles. The molecule has 0 saturated heterocycles. The van der Waals surface area contributed by atoms with Crippen LogP contribution in [0.4, 0.5) is 0 Å². The molecule has 3 heteroatoms. The molecule has 1 aromatic heterocycles. The highest BCUT2D eigenvalue weighted by molar-refractivity contribution is 7.86. The quantitative estimate of drug-likeness (QED) is 0.195. The first-order chi connectivity index (χ1) is 20.5. The Labute approximate surface area is 245 Å². The van der Waals surface area contributed by atoms with Crippen LogP contribution in [0.15, 0.2) is 133 Å². The summed E-state index contributed by atoms with van der Waals surface area (Å²) in [6.07, 6.45) is 0. The van der Waals surface area contributed by atoms with Crippen LogP contribution in [-0.2, 0) is 9.98 Å². The summed E-state index contributed by atoms with van der Waals surface area (Å²) in [5.41, 5.74) is 10.8. The van der Waals surface area contributed by atoms with E-state index >= 15 is 4.57 Å². The highest BCUT2D eigenvalue weighted by atomic mass is 31.2. The van der Waals surface area contributed by atoms with Gasteiger partial charge >= 0.3 is 0 Å². The van der Waals surface area contributed by atoms with Gasteiger partial charge in [0.1, 0.15) is 0 Å². The van der Waals surface area contributed by atoms with Crippen LogP contribution in [0.5, 0.6) is 0 Å². The number of fused-ring (bicyclic) bond motifs is 10. The Morgan fingerprint density at radius 2 is 1.26 bits per heavy atom. The monoisotopic (exact) mass is 557 g/mol. The van der Waals surface area contributed by atoms with Crippen LogP contribution < -0.4 is 15.9 Å². The van der Waals surface area contributed by atoms with Gasteiger partial charge in [-0.1, -0.05) is 123 Å². The standard InChI is InChI=1S/C39H28NOP/c1-39(2)32-17-9-6-14-27(32)28-21-20-25(24-33(28)39)40-34-18-10-7-15-29(34)30-22-23-36-37(38(30)40)31-16-8-11-19-35(31)42(36,41)26-12-4-3-5-13-26/h3-24H,1-2H3. The average Bonchev–Trinajstić information content (AvgIpc) is 3.60. The van der Waals surface area contributed by atoms with Crippen molar-refractivity contribution in [2.75, 3.05) is 0 Å². The summed E-state index contributed by atoms with van der Waals surface area (Å²) in [5.74, 6) is 0. The SMILES string of the molecule is CC1(C)c2ccccc2-c2ccc(-n3c4ccccc4c4ccc5c(c43)-c3ccccc3P5(=O)c3ccccc3)cc21. The molecule has 2 nitrogen and oxygen atoms in total. The first-order valence-corrected chi connectivity index (χ1v) is 16.3. The van der Waals surface area contributed by atoms with Gasteiger partial charge in [0.25, 0.3) is 0 Å². The highest BCUT2D eigenvalue weighted by Gasteiger charge is 2.42. The topological polar surface area (TPSA) is 22.0 Å². The van der Waals surface area contributed by atoms with Crippen LogP contribution in [0.2, 0.25) is 0 Å². The van der Waals surface area contributed by atoms with E-state index in [1.54, 1.807) is 0 Å².